The Bertz CT molecular complexity index is 973. The number of hydrogen-bond acceptors (Lipinski definition) is 4. The lowest BCUT2D eigenvalue weighted by molar-refractivity contribution is -0.154. The Hall–Kier alpha value is -2.17. The molecule has 330 valence electrons. The zero-order valence-electron chi connectivity index (χ0n) is 37.8. The number of carbonyl (C=O) groups is 1. The Morgan fingerprint density at radius 2 is 0.737 bits per heavy atom. The van der Waals surface area contributed by atoms with Crippen LogP contribution < -0.4 is 0 Å². The van der Waals surface area contributed by atoms with Crippen LogP contribution in [0.4, 0.5) is 0 Å². The number of unbranched alkanes of at least 4 members (excludes halogenated alkanes) is 25. The Morgan fingerprint density at radius 3 is 1.14 bits per heavy atom. The molecule has 0 aliphatic heterocycles. The van der Waals surface area contributed by atoms with Gasteiger partial charge in [-0.15, -0.1) is 0 Å². The summed E-state index contributed by atoms with van der Waals surface area (Å²) >= 11 is 0. The standard InChI is InChI=1S/C53H94O4/c1-3-5-7-9-11-13-15-17-19-21-23-24-25-26-27-28-29-31-33-35-37-39-41-43-45-47-49-56-51-52(50-54)57-53(55)48-46-44-42-40-38-36-34-32-30-22-20-18-16-14-12-10-8-6-4-2/h12,14-15,17-18,20-21,23,25-26,30,32,52,54H,3-11,13,16,19,22,24,27-29,31,33-51H2,1-2H3/b14-12-,17-15-,20-18-,23-21-,26-25-,32-30-. The molecular weight excluding hydrogens is 701 g/mol. The molecule has 0 amide bonds. The molecular formula is C53H94O4. The fraction of sp³-hybridized carbons (Fsp3) is 0.755. The summed E-state index contributed by atoms with van der Waals surface area (Å²) in [4.78, 5) is 12.2. The molecule has 0 heterocycles. The van der Waals surface area contributed by atoms with Crippen molar-refractivity contribution in [1.82, 2.24) is 0 Å². The summed E-state index contributed by atoms with van der Waals surface area (Å²) in [6, 6.07) is 0. The molecule has 57 heavy (non-hydrogen) atoms. The van der Waals surface area contributed by atoms with Gasteiger partial charge in [0.25, 0.3) is 0 Å². The van der Waals surface area contributed by atoms with Gasteiger partial charge in [0.2, 0.25) is 0 Å². The first-order valence-electron chi connectivity index (χ1n) is 24.5. The molecule has 0 aliphatic rings. The minimum atomic E-state index is -0.547. The summed E-state index contributed by atoms with van der Waals surface area (Å²) in [5, 5.41) is 9.64. The van der Waals surface area contributed by atoms with Crippen LogP contribution in [0.5, 0.6) is 0 Å². The number of allylic oxidation sites excluding steroid dienone is 12. The van der Waals surface area contributed by atoms with Crippen molar-refractivity contribution in [2.45, 2.75) is 238 Å². The highest BCUT2D eigenvalue weighted by Gasteiger charge is 2.13. The summed E-state index contributed by atoms with van der Waals surface area (Å²) < 4.78 is 11.2. The molecule has 0 radical (unpaired) electrons. The summed E-state index contributed by atoms with van der Waals surface area (Å²) in [6.07, 6.45) is 68.3. The van der Waals surface area contributed by atoms with Gasteiger partial charge in [-0.2, -0.15) is 0 Å². The molecule has 1 atom stereocenters. The van der Waals surface area contributed by atoms with E-state index in [0.29, 0.717) is 13.0 Å². The number of aliphatic hydroxyl groups excluding tert-OH is 1. The van der Waals surface area contributed by atoms with Crippen molar-refractivity contribution in [3.63, 3.8) is 0 Å². The van der Waals surface area contributed by atoms with E-state index in [9.17, 15) is 9.90 Å². The van der Waals surface area contributed by atoms with Crippen LogP contribution in [0.1, 0.15) is 232 Å². The van der Waals surface area contributed by atoms with E-state index in [0.717, 1.165) is 57.8 Å². The van der Waals surface area contributed by atoms with Gasteiger partial charge in [-0.25, -0.2) is 0 Å². The second-order valence-corrected chi connectivity index (χ2v) is 16.2. The van der Waals surface area contributed by atoms with E-state index in [-0.39, 0.29) is 19.2 Å². The highest BCUT2D eigenvalue weighted by Crippen LogP contribution is 2.14. The van der Waals surface area contributed by atoms with E-state index in [4.69, 9.17) is 9.47 Å². The van der Waals surface area contributed by atoms with Crippen LogP contribution in [0, 0.1) is 0 Å². The summed E-state index contributed by atoms with van der Waals surface area (Å²) in [7, 11) is 0. The smallest absolute Gasteiger partial charge is 0.306 e. The minimum Gasteiger partial charge on any atom is -0.457 e. The number of hydrogen-bond donors (Lipinski definition) is 1. The number of rotatable bonds is 45. The molecule has 0 aromatic rings. The van der Waals surface area contributed by atoms with Crippen molar-refractivity contribution in [3.8, 4) is 0 Å². The molecule has 0 spiro atoms. The second kappa shape index (κ2) is 50.0. The van der Waals surface area contributed by atoms with E-state index in [1.807, 2.05) is 0 Å². The van der Waals surface area contributed by atoms with Gasteiger partial charge in [0, 0.05) is 13.0 Å². The van der Waals surface area contributed by atoms with E-state index in [1.165, 1.54) is 154 Å². The number of carbonyl (C=O) groups excluding carboxylic acids is 1. The van der Waals surface area contributed by atoms with Crippen molar-refractivity contribution >= 4 is 5.97 Å². The molecule has 0 rings (SSSR count). The topological polar surface area (TPSA) is 55.8 Å². The molecule has 0 fully saturated rings. The van der Waals surface area contributed by atoms with Crippen molar-refractivity contribution in [1.29, 1.82) is 0 Å². The average Bonchev–Trinajstić information content (AvgIpc) is 3.22. The van der Waals surface area contributed by atoms with Gasteiger partial charge < -0.3 is 14.6 Å². The third-order valence-electron chi connectivity index (χ3n) is 10.5. The maximum atomic E-state index is 12.2. The van der Waals surface area contributed by atoms with Crippen molar-refractivity contribution in [3.05, 3.63) is 72.9 Å². The Morgan fingerprint density at radius 1 is 0.421 bits per heavy atom. The summed E-state index contributed by atoms with van der Waals surface area (Å²) in [6.45, 7) is 5.29. The number of esters is 1. The molecule has 1 N–H and O–H groups in total. The maximum absolute atomic E-state index is 12.2. The Kier molecular flexibility index (Phi) is 48.1. The first kappa shape index (κ1) is 54.8. The molecule has 0 saturated carbocycles. The quantitative estimate of drug-likeness (QED) is 0.0379. The first-order valence-corrected chi connectivity index (χ1v) is 24.5. The SMILES string of the molecule is CCCCC/C=C\C/C=C\C/C=C\CCCCCCCCC(=O)OC(CO)COCCCCCCCCCCCCC/C=C\C/C=C\C/C=C\CCCCCCC. The molecule has 0 saturated heterocycles. The fourth-order valence-corrected chi connectivity index (χ4v) is 6.81. The lowest BCUT2D eigenvalue weighted by Gasteiger charge is -2.16. The van der Waals surface area contributed by atoms with Crippen LogP contribution in [0.15, 0.2) is 72.9 Å². The van der Waals surface area contributed by atoms with Gasteiger partial charge in [0.15, 0.2) is 0 Å². The van der Waals surface area contributed by atoms with E-state index in [1.54, 1.807) is 0 Å². The highest BCUT2D eigenvalue weighted by atomic mass is 16.6. The zero-order valence-corrected chi connectivity index (χ0v) is 37.8. The summed E-state index contributed by atoms with van der Waals surface area (Å²) in [5.41, 5.74) is 0. The minimum absolute atomic E-state index is 0.181. The van der Waals surface area contributed by atoms with Crippen LogP contribution in [-0.4, -0.2) is 37.0 Å². The lowest BCUT2D eigenvalue weighted by Crippen LogP contribution is -2.27. The third kappa shape index (κ3) is 48.1. The van der Waals surface area contributed by atoms with E-state index < -0.39 is 6.10 Å². The predicted octanol–water partition coefficient (Wildman–Crippen LogP) is 16.5. The largest absolute Gasteiger partial charge is 0.457 e. The molecule has 0 bridgehead atoms. The van der Waals surface area contributed by atoms with Crippen LogP contribution in [0.2, 0.25) is 0 Å². The molecule has 4 heteroatoms. The Balaban J connectivity index is 3.46. The van der Waals surface area contributed by atoms with Gasteiger partial charge in [-0.1, -0.05) is 209 Å². The van der Waals surface area contributed by atoms with Gasteiger partial charge in [0.05, 0.1) is 13.2 Å². The van der Waals surface area contributed by atoms with Crippen molar-refractivity contribution < 1.29 is 19.4 Å². The molecule has 0 aromatic carbocycles. The zero-order chi connectivity index (χ0) is 41.2. The van der Waals surface area contributed by atoms with Gasteiger partial charge in [0.1, 0.15) is 6.10 Å². The first-order chi connectivity index (χ1) is 28.2. The third-order valence-corrected chi connectivity index (χ3v) is 10.5. The number of aliphatic hydroxyl groups is 1. The van der Waals surface area contributed by atoms with Crippen LogP contribution in [-0.2, 0) is 14.3 Å². The average molecular weight is 795 g/mol. The molecule has 0 aliphatic carbocycles. The number of ether oxygens (including phenoxy) is 2. The van der Waals surface area contributed by atoms with Crippen LogP contribution in [0.25, 0.3) is 0 Å². The molecule has 4 nitrogen and oxygen atoms in total. The molecule has 0 aromatic heterocycles. The molecule has 1 unspecified atom stereocenters. The lowest BCUT2D eigenvalue weighted by atomic mass is 10.1. The van der Waals surface area contributed by atoms with E-state index >= 15 is 0 Å². The second-order valence-electron chi connectivity index (χ2n) is 16.2. The monoisotopic (exact) mass is 795 g/mol. The summed E-state index contributed by atoms with van der Waals surface area (Å²) in [5.74, 6) is -0.214. The predicted molar refractivity (Wildman–Crippen MR) is 251 cm³/mol. The highest BCUT2D eigenvalue weighted by molar-refractivity contribution is 5.69. The van der Waals surface area contributed by atoms with Crippen molar-refractivity contribution in [2.75, 3.05) is 19.8 Å². The normalized spacial score (nSPS) is 13.0. The van der Waals surface area contributed by atoms with Gasteiger partial charge in [-0.3, -0.25) is 4.79 Å². The van der Waals surface area contributed by atoms with Gasteiger partial charge in [-0.05, 0) is 89.9 Å². The Labute approximate surface area is 355 Å². The maximum Gasteiger partial charge on any atom is 0.306 e. The fourth-order valence-electron chi connectivity index (χ4n) is 6.81. The van der Waals surface area contributed by atoms with Crippen molar-refractivity contribution in [2.24, 2.45) is 0 Å². The van der Waals surface area contributed by atoms with E-state index in [2.05, 4.69) is 86.8 Å². The van der Waals surface area contributed by atoms with Gasteiger partial charge >= 0.3 is 5.97 Å². The van der Waals surface area contributed by atoms with Crippen LogP contribution in [0.3, 0.4) is 0 Å². The van der Waals surface area contributed by atoms with Crippen LogP contribution >= 0.6 is 0 Å².